The summed E-state index contributed by atoms with van der Waals surface area (Å²) < 4.78 is 35.1. The third kappa shape index (κ3) is 3.00. The molecule has 0 amide bonds. The van der Waals surface area contributed by atoms with Crippen LogP contribution >= 0.6 is 0 Å². The first-order chi connectivity index (χ1) is 6.82. The number of halogens is 1. The smallest absolute Gasteiger partial charge is 0.151 e. The van der Waals surface area contributed by atoms with Gasteiger partial charge in [0.15, 0.2) is 9.84 Å². The highest BCUT2D eigenvalue weighted by Crippen LogP contribution is 2.19. The van der Waals surface area contributed by atoms with E-state index in [1.807, 2.05) is 0 Å². The van der Waals surface area contributed by atoms with E-state index in [2.05, 4.69) is 0 Å². The highest BCUT2D eigenvalue weighted by atomic mass is 32.2. The molecule has 0 aromatic heterocycles. The molecule has 2 atom stereocenters. The fourth-order valence-corrected chi connectivity index (χ4v) is 1.91. The maximum atomic E-state index is 12.6. The molecule has 0 aliphatic heterocycles. The lowest BCUT2D eigenvalue weighted by atomic mass is 10.1. The Morgan fingerprint density at radius 3 is 2.13 bits per heavy atom. The standard InChI is InChI=1S/C10H14FNO2S/c1-7(15(2,13)14)10(12)8-3-5-9(11)6-4-8/h3-7,10H,12H2,1-2H3/t7-,10+/m1/s1. The van der Waals surface area contributed by atoms with Gasteiger partial charge in [-0.25, -0.2) is 12.8 Å². The Balaban J connectivity index is 2.95. The molecule has 0 spiro atoms. The van der Waals surface area contributed by atoms with Crippen LogP contribution in [0.3, 0.4) is 0 Å². The molecule has 1 aromatic carbocycles. The third-order valence-corrected chi connectivity index (χ3v) is 4.08. The van der Waals surface area contributed by atoms with Crippen molar-refractivity contribution in [1.82, 2.24) is 0 Å². The van der Waals surface area contributed by atoms with Crippen molar-refractivity contribution in [3.05, 3.63) is 35.6 Å². The van der Waals surface area contributed by atoms with E-state index in [-0.39, 0.29) is 5.82 Å². The predicted octanol–water partition coefficient (Wildman–Crippen LogP) is 1.26. The largest absolute Gasteiger partial charge is 0.323 e. The predicted molar refractivity (Wildman–Crippen MR) is 57.6 cm³/mol. The first kappa shape index (κ1) is 12.1. The zero-order chi connectivity index (χ0) is 11.6. The third-order valence-electron chi connectivity index (χ3n) is 2.44. The van der Waals surface area contributed by atoms with Gasteiger partial charge in [-0.05, 0) is 24.6 Å². The van der Waals surface area contributed by atoms with E-state index in [0.29, 0.717) is 5.56 Å². The van der Waals surface area contributed by atoms with Gasteiger partial charge in [0.2, 0.25) is 0 Å². The molecule has 84 valence electrons. The number of benzene rings is 1. The summed E-state index contributed by atoms with van der Waals surface area (Å²) in [6, 6.07) is 4.91. The molecule has 15 heavy (non-hydrogen) atoms. The van der Waals surface area contributed by atoms with Crippen molar-refractivity contribution in [3.63, 3.8) is 0 Å². The lowest BCUT2D eigenvalue weighted by Crippen LogP contribution is -2.30. The van der Waals surface area contributed by atoms with Crippen molar-refractivity contribution in [3.8, 4) is 0 Å². The molecule has 0 aliphatic carbocycles. The van der Waals surface area contributed by atoms with Gasteiger partial charge in [-0.2, -0.15) is 0 Å². The quantitative estimate of drug-likeness (QED) is 0.852. The van der Waals surface area contributed by atoms with Crippen molar-refractivity contribution < 1.29 is 12.8 Å². The van der Waals surface area contributed by atoms with Crippen LogP contribution in [0.4, 0.5) is 4.39 Å². The van der Waals surface area contributed by atoms with E-state index in [0.717, 1.165) is 6.26 Å². The molecule has 0 bridgehead atoms. The van der Waals surface area contributed by atoms with Gasteiger partial charge in [0.05, 0.1) is 5.25 Å². The first-order valence-corrected chi connectivity index (χ1v) is 6.47. The van der Waals surface area contributed by atoms with Crippen LogP contribution in [-0.2, 0) is 9.84 Å². The number of rotatable bonds is 3. The lowest BCUT2D eigenvalue weighted by molar-refractivity contribution is 0.570. The van der Waals surface area contributed by atoms with Crippen LogP contribution in [0.15, 0.2) is 24.3 Å². The van der Waals surface area contributed by atoms with Gasteiger partial charge in [-0.1, -0.05) is 12.1 Å². The van der Waals surface area contributed by atoms with Crippen LogP contribution in [0.2, 0.25) is 0 Å². The number of hydrogen-bond acceptors (Lipinski definition) is 3. The maximum absolute atomic E-state index is 12.6. The summed E-state index contributed by atoms with van der Waals surface area (Å²) in [5, 5.41) is -0.678. The number of nitrogens with two attached hydrogens (primary N) is 1. The topological polar surface area (TPSA) is 60.2 Å². The molecular weight excluding hydrogens is 217 g/mol. The highest BCUT2D eigenvalue weighted by Gasteiger charge is 2.23. The van der Waals surface area contributed by atoms with Gasteiger partial charge in [0.25, 0.3) is 0 Å². The molecule has 0 radical (unpaired) electrons. The van der Waals surface area contributed by atoms with Gasteiger partial charge in [-0.3, -0.25) is 0 Å². The minimum Gasteiger partial charge on any atom is -0.323 e. The van der Waals surface area contributed by atoms with Crippen molar-refractivity contribution >= 4 is 9.84 Å². The van der Waals surface area contributed by atoms with Crippen molar-refractivity contribution in [2.75, 3.05) is 6.26 Å². The van der Waals surface area contributed by atoms with Crippen LogP contribution in [0.25, 0.3) is 0 Å². The van der Waals surface area contributed by atoms with Crippen LogP contribution in [0.1, 0.15) is 18.5 Å². The fourth-order valence-electron chi connectivity index (χ4n) is 1.22. The van der Waals surface area contributed by atoms with E-state index in [1.54, 1.807) is 6.92 Å². The summed E-state index contributed by atoms with van der Waals surface area (Å²) in [7, 11) is -3.18. The second-order valence-electron chi connectivity index (χ2n) is 3.61. The molecule has 0 unspecified atom stereocenters. The summed E-state index contributed by atoms with van der Waals surface area (Å²) in [4.78, 5) is 0. The Hall–Kier alpha value is -0.940. The molecule has 0 saturated carbocycles. The fraction of sp³-hybridized carbons (Fsp3) is 0.400. The van der Waals surface area contributed by atoms with E-state index < -0.39 is 21.1 Å². The minimum atomic E-state index is -3.18. The molecular formula is C10H14FNO2S. The Labute approximate surface area is 89.0 Å². The molecule has 1 aromatic rings. The van der Waals surface area contributed by atoms with E-state index >= 15 is 0 Å². The summed E-state index contributed by atoms with van der Waals surface area (Å²) in [5.74, 6) is -0.363. The van der Waals surface area contributed by atoms with Crippen molar-refractivity contribution in [2.24, 2.45) is 5.73 Å². The average Bonchev–Trinajstić information content (AvgIpc) is 2.15. The monoisotopic (exact) mass is 231 g/mol. The molecule has 0 heterocycles. The molecule has 0 fully saturated rings. The van der Waals surface area contributed by atoms with E-state index in [4.69, 9.17) is 5.73 Å². The number of sulfone groups is 1. The Kier molecular flexibility index (Phi) is 3.46. The molecule has 2 N–H and O–H groups in total. The second-order valence-corrected chi connectivity index (χ2v) is 6.01. The summed E-state index contributed by atoms with van der Waals surface area (Å²) in [6.45, 7) is 1.54. The zero-order valence-electron chi connectivity index (χ0n) is 8.64. The van der Waals surface area contributed by atoms with E-state index in [9.17, 15) is 12.8 Å². The minimum absolute atomic E-state index is 0.363. The Morgan fingerprint density at radius 2 is 1.73 bits per heavy atom. The molecule has 0 aliphatic rings. The van der Waals surface area contributed by atoms with Crippen LogP contribution in [0.5, 0.6) is 0 Å². The van der Waals surface area contributed by atoms with Gasteiger partial charge < -0.3 is 5.73 Å². The Bertz CT molecular complexity index is 427. The highest BCUT2D eigenvalue weighted by molar-refractivity contribution is 7.91. The van der Waals surface area contributed by atoms with Gasteiger partial charge >= 0.3 is 0 Å². The van der Waals surface area contributed by atoms with Crippen LogP contribution in [0, 0.1) is 5.82 Å². The first-order valence-electron chi connectivity index (χ1n) is 4.52. The summed E-state index contributed by atoms with van der Waals surface area (Å²) in [6.07, 6.45) is 1.14. The summed E-state index contributed by atoms with van der Waals surface area (Å²) >= 11 is 0. The maximum Gasteiger partial charge on any atom is 0.151 e. The molecule has 0 saturated heterocycles. The SMILES string of the molecule is C[C@H]([C@H](N)c1ccc(F)cc1)S(C)(=O)=O. The molecule has 5 heteroatoms. The van der Waals surface area contributed by atoms with Gasteiger partial charge in [0, 0.05) is 12.3 Å². The lowest BCUT2D eigenvalue weighted by Gasteiger charge is -2.18. The number of hydrogen-bond donors (Lipinski definition) is 1. The van der Waals surface area contributed by atoms with E-state index in [1.165, 1.54) is 24.3 Å². The van der Waals surface area contributed by atoms with Crippen molar-refractivity contribution in [1.29, 1.82) is 0 Å². The normalized spacial score (nSPS) is 16.0. The van der Waals surface area contributed by atoms with Gasteiger partial charge in [-0.15, -0.1) is 0 Å². The molecule has 1 rings (SSSR count). The van der Waals surface area contributed by atoms with Crippen molar-refractivity contribution in [2.45, 2.75) is 18.2 Å². The summed E-state index contributed by atoms with van der Waals surface area (Å²) in [5.41, 5.74) is 6.39. The zero-order valence-corrected chi connectivity index (χ0v) is 9.46. The van der Waals surface area contributed by atoms with Crippen LogP contribution in [-0.4, -0.2) is 19.9 Å². The second kappa shape index (κ2) is 4.28. The van der Waals surface area contributed by atoms with Gasteiger partial charge in [0.1, 0.15) is 5.82 Å². The Morgan fingerprint density at radius 1 is 1.27 bits per heavy atom. The van der Waals surface area contributed by atoms with Crippen LogP contribution < -0.4 is 5.73 Å². The average molecular weight is 231 g/mol. The molecule has 3 nitrogen and oxygen atoms in total.